The molecule has 0 aliphatic rings. The van der Waals surface area contributed by atoms with Crippen molar-refractivity contribution in [2.75, 3.05) is 4.90 Å². The second-order valence-electron chi connectivity index (χ2n) is 16.1. The van der Waals surface area contributed by atoms with Crippen molar-refractivity contribution in [1.29, 1.82) is 0 Å². The number of hydrogen-bond donors (Lipinski definition) is 0. The van der Waals surface area contributed by atoms with E-state index in [1.165, 1.54) is 32.6 Å². The van der Waals surface area contributed by atoms with Crippen LogP contribution < -0.4 is 4.90 Å². The summed E-state index contributed by atoms with van der Waals surface area (Å²) in [6.07, 6.45) is 0. The van der Waals surface area contributed by atoms with E-state index in [0.29, 0.717) is 0 Å². The zero-order valence-electron chi connectivity index (χ0n) is 33.5. The summed E-state index contributed by atoms with van der Waals surface area (Å²) in [4.78, 5) is 2.33. The number of anilines is 3. The Bertz CT molecular complexity index is 3820. The highest BCUT2D eigenvalue weighted by atomic mass is 16.3. The average molecular weight is 793 g/mol. The Balaban J connectivity index is 0.961. The SMILES string of the molecule is c1ccc(N(c2ccc(-c3cc(-n4c5ccccc5c5ccccc54)cc4c3oc3ccccc34)cc2)c2cccc(-c3cccc4oc5cc6ccccc6cc5c34)c2)cc1. The maximum atomic E-state index is 6.70. The second-order valence-corrected chi connectivity index (χ2v) is 16.1. The van der Waals surface area contributed by atoms with Crippen LogP contribution in [0.5, 0.6) is 0 Å². The molecular formula is C58H36N2O2. The van der Waals surface area contributed by atoms with Crippen molar-refractivity contribution in [2.45, 2.75) is 0 Å². The van der Waals surface area contributed by atoms with Crippen LogP contribution in [0.1, 0.15) is 0 Å². The summed E-state index contributed by atoms with van der Waals surface area (Å²) in [7, 11) is 0. The van der Waals surface area contributed by atoms with Crippen LogP contribution in [-0.4, -0.2) is 4.57 Å². The molecule has 4 nitrogen and oxygen atoms in total. The van der Waals surface area contributed by atoms with Crippen LogP contribution in [-0.2, 0) is 0 Å². The summed E-state index contributed by atoms with van der Waals surface area (Å²) in [6, 6.07) is 77.9. The lowest BCUT2D eigenvalue weighted by atomic mass is 9.97. The first-order valence-corrected chi connectivity index (χ1v) is 21.1. The van der Waals surface area contributed by atoms with Gasteiger partial charge in [-0.2, -0.15) is 0 Å². The second kappa shape index (κ2) is 13.6. The van der Waals surface area contributed by atoms with Gasteiger partial charge in [0.15, 0.2) is 0 Å². The zero-order chi connectivity index (χ0) is 40.7. The fourth-order valence-corrected chi connectivity index (χ4v) is 9.74. The van der Waals surface area contributed by atoms with Crippen LogP contribution >= 0.6 is 0 Å². The van der Waals surface area contributed by atoms with E-state index in [2.05, 4.69) is 222 Å². The highest BCUT2D eigenvalue weighted by Crippen LogP contribution is 2.44. The predicted molar refractivity (Wildman–Crippen MR) is 258 cm³/mol. The standard InChI is InChI=1S/C58H36N2O2/c1-2-17-41(18-3-1)59(43-19-12-16-40(32-43)45-23-13-27-55-57(45)51-33-38-14-4-5-15-39(38)34-56(51)61-55)42-30-28-37(29-31-42)49-35-44(36-50-48-22-8-11-26-54(48)62-58(49)50)60-52-24-9-6-20-46(52)47-21-7-10-25-53(47)60/h1-36H. The molecule has 62 heavy (non-hydrogen) atoms. The third-order valence-electron chi connectivity index (χ3n) is 12.5. The van der Waals surface area contributed by atoms with Gasteiger partial charge in [-0.1, -0.05) is 133 Å². The molecule has 0 amide bonds. The quantitative estimate of drug-likeness (QED) is 0.168. The first-order chi connectivity index (χ1) is 30.7. The largest absolute Gasteiger partial charge is 0.456 e. The smallest absolute Gasteiger partial charge is 0.143 e. The summed E-state index contributed by atoms with van der Waals surface area (Å²) in [5.41, 5.74) is 14.5. The molecule has 0 fully saturated rings. The summed E-state index contributed by atoms with van der Waals surface area (Å²) in [5, 5.41) is 9.28. The lowest BCUT2D eigenvalue weighted by molar-refractivity contribution is 0.669. The number of nitrogens with zero attached hydrogens (tertiary/aromatic N) is 2. The molecule has 13 aromatic rings. The first kappa shape index (κ1) is 34.5. The molecule has 0 bridgehead atoms. The van der Waals surface area contributed by atoms with Crippen LogP contribution in [0.15, 0.2) is 227 Å². The number of benzene rings is 10. The number of fused-ring (bicyclic) bond motifs is 10. The fourth-order valence-electron chi connectivity index (χ4n) is 9.74. The summed E-state index contributed by atoms with van der Waals surface area (Å²) < 4.78 is 15.6. The fraction of sp³-hybridized carbons (Fsp3) is 0. The average Bonchev–Trinajstić information content (AvgIpc) is 4.01. The van der Waals surface area contributed by atoms with Gasteiger partial charge in [-0.05, 0) is 112 Å². The van der Waals surface area contributed by atoms with Gasteiger partial charge in [-0.15, -0.1) is 0 Å². The Hall–Kier alpha value is -8.34. The zero-order valence-corrected chi connectivity index (χ0v) is 33.5. The molecule has 0 atom stereocenters. The topological polar surface area (TPSA) is 34.5 Å². The van der Waals surface area contributed by atoms with E-state index in [4.69, 9.17) is 8.83 Å². The number of aromatic nitrogens is 1. The molecular weight excluding hydrogens is 757 g/mol. The van der Waals surface area contributed by atoms with Crippen molar-refractivity contribution in [3.05, 3.63) is 218 Å². The number of para-hydroxylation sites is 4. The van der Waals surface area contributed by atoms with E-state index < -0.39 is 0 Å². The Morgan fingerprint density at radius 3 is 1.76 bits per heavy atom. The molecule has 10 aromatic carbocycles. The molecule has 0 saturated heterocycles. The van der Waals surface area contributed by atoms with Crippen LogP contribution in [0.3, 0.4) is 0 Å². The van der Waals surface area contributed by atoms with Crippen LogP contribution in [0, 0.1) is 0 Å². The molecule has 13 rings (SSSR count). The van der Waals surface area contributed by atoms with Gasteiger partial charge in [0, 0.05) is 60.6 Å². The molecule has 3 aromatic heterocycles. The van der Waals surface area contributed by atoms with Crippen LogP contribution in [0.2, 0.25) is 0 Å². The molecule has 0 spiro atoms. The van der Waals surface area contributed by atoms with Gasteiger partial charge in [0.05, 0.1) is 11.0 Å². The van der Waals surface area contributed by atoms with Crippen LogP contribution in [0.25, 0.3) is 104 Å². The molecule has 0 aliphatic heterocycles. The Morgan fingerprint density at radius 2 is 0.968 bits per heavy atom. The minimum absolute atomic E-state index is 0.877. The Labute approximate surface area is 356 Å². The van der Waals surface area contributed by atoms with E-state index in [0.717, 1.165) is 88.9 Å². The highest BCUT2D eigenvalue weighted by molar-refractivity contribution is 6.16. The van der Waals surface area contributed by atoms with E-state index in [-0.39, 0.29) is 0 Å². The van der Waals surface area contributed by atoms with Gasteiger partial charge in [0.2, 0.25) is 0 Å². The van der Waals surface area contributed by atoms with Crippen molar-refractivity contribution in [1.82, 2.24) is 4.57 Å². The predicted octanol–water partition coefficient (Wildman–Crippen LogP) is 16.5. The molecule has 290 valence electrons. The molecule has 4 heteroatoms. The lowest BCUT2D eigenvalue weighted by Gasteiger charge is -2.26. The summed E-state index contributed by atoms with van der Waals surface area (Å²) in [6.45, 7) is 0. The van der Waals surface area contributed by atoms with Crippen LogP contribution in [0.4, 0.5) is 17.1 Å². The van der Waals surface area contributed by atoms with E-state index >= 15 is 0 Å². The normalized spacial score (nSPS) is 11.9. The Morgan fingerprint density at radius 1 is 0.339 bits per heavy atom. The van der Waals surface area contributed by atoms with Crippen molar-refractivity contribution < 1.29 is 8.83 Å². The minimum Gasteiger partial charge on any atom is -0.456 e. The monoisotopic (exact) mass is 792 g/mol. The lowest BCUT2D eigenvalue weighted by Crippen LogP contribution is -2.09. The van der Waals surface area contributed by atoms with Crippen molar-refractivity contribution in [3.8, 4) is 27.9 Å². The third-order valence-corrected chi connectivity index (χ3v) is 12.5. The van der Waals surface area contributed by atoms with Gasteiger partial charge in [-0.25, -0.2) is 0 Å². The van der Waals surface area contributed by atoms with E-state index in [9.17, 15) is 0 Å². The third kappa shape index (κ3) is 5.33. The van der Waals surface area contributed by atoms with Gasteiger partial charge >= 0.3 is 0 Å². The highest BCUT2D eigenvalue weighted by Gasteiger charge is 2.20. The van der Waals surface area contributed by atoms with Gasteiger partial charge in [-0.3, -0.25) is 0 Å². The minimum atomic E-state index is 0.877. The number of hydrogen-bond acceptors (Lipinski definition) is 3. The number of rotatable bonds is 6. The van der Waals surface area contributed by atoms with E-state index in [1.807, 2.05) is 6.07 Å². The molecule has 0 unspecified atom stereocenters. The van der Waals surface area contributed by atoms with Gasteiger partial charge < -0.3 is 18.3 Å². The maximum absolute atomic E-state index is 6.70. The van der Waals surface area contributed by atoms with Gasteiger partial charge in [0.25, 0.3) is 0 Å². The summed E-state index contributed by atoms with van der Waals surface area (Å²) in [5.74, 6) is 0. The van der Waals surface area contributed by atoms with Crippen molar-refractivity contribution in [3.63, 3.8) is 0 Å². The van der Waals surface area contributed by atoms with Crippen molar-refractivity contribution in [2.24, 2.45) is 0 Å². The van der Waals surface area contributed by atoms with E-state index in [1.54, 1.807) is 0 Å². The maximum Gasteiger partial charge on any atom is 0.143 e. The molecule has 0 radical (unpaired) electrons. The van der Waals surface area contributed by atoms with Crippen molar-refractivity contribution >= 4 is 93.5 Å². The summed E-state index contributed by atoms with van der Waals surface area (Å²) >= 11 is 0. The number of furan rings is 2. The molecule has 0 saturated carbocycles. The van der Waals surface area contributed by atoms with Gasteiger partial charge in [0.1, 0.15) is 22.3 Å². The molecule has 0 N–H and O–H groups in total. The molecule has 3 heterocycles. The first-order valence-electron chi connectivity index (χ1n) is 21.1. The Kier molecular flexibility index (Phi) is 7.57. The molecule has 0 aliphatic carbocycles.